The smallest absolute Gasteiger partial charge is 0.331 e. The van der Waals surface area contributed by atoms with Crippen molar-refractivity contribution in [2.75, 3.05) is 6.61 Å². The van der Waals surface area contributed by atoms with Crippen LogP contribution in [0.5, 0.6) is 0 Å². The number of esters is 1. The topological polar surface area (TPSA) is 35.5 Å². The minimum absolute atomic E-state index is 0.108. The summed E-state index contributed by atoms with van der Waals surface area (Å²) in [4.78, 5) is 10.8. The van der Waals surface area contributed by atoms with E-state index in [4.69, 9.17) is 9.47 Å². The van der Waals surface area contributed by atoms with Crippen LogP contribution < -0.4 is 0 Å². The van der Waals surface area contributed by atoms with Gasteiger partial charge in [-0.05, 0) is 11.6 Å². The zero-order chi connectivity index (χ0) is 11.2. The molecule has 1 aliphatic heterocycles. The van der Waals surface area contributed by atoms with Crippen LogP contribution in [0.2, 0.25) is 0 Å². The molecule has 0 saturated carbocycles. The molecule has 2 rings (SSSR count). The fraction of sp³-hybridized carbons (Fsp3) is 0.308. The first kappa shape index (κ1) is 10.9. The van der Waals surface area contributed by atoms with Crippen LogP contribution in [0.15, 0.2) is 42.5 Å². The Morgan fingerprint density at radius 3 is 2.75 bits per heavy atom. The zero-order valence-corrected chi connectivity index (χ0v) is 8.96. The fourth-order valence-electron chi connectivity index (χ4n) is 1.53. The van der Waals surface area contributed by atoms with E-state index in [0.29, 0.717) is 13.2 Å². The van der Waals surface area contributed by atoms with Gasteiger partial charge in [0.1, 0.15) is 6.10 Å². The van der Waals surface area contributed by atoms with Crippen molar-refractivity contribution in [1.29, 1.82) is 0 Å². The Morgan fingerprint density at radius 2 is 2.06 bits per heavy atom. The maximum atomic E-state index is 10.8. The molecule has 16 heavy (non-hydrogen) atoms. The third-order valence-corrected chi connectivity index (χ3v) is 2.37. The molecule has 0 N–H and O–H groups in total. The molecule has 1 heterocycles. The molecule has 3 heteroatoms. The number of ether oxygens (including phenoxy) is 2. The monoisotopic (exact) mass is 218 g/mol. The number of hydrogen-bond donors (Lipinski definition) is 0. The van der Waals surface area contributed by atoms with Crippen molar-refractivity contribution in [2.24, 2.45) is 0 Å². The van der Waals surface area contributed by atoms with Gasteiger partial charge in [0.05, 0.1) is 13.2 Å². The zero-order valence-electron chi connectivity index (χ0n) is 8.96. The van der Waals surface area contributed by atoms with E-state index in [-0.39, 0.29) is 12.1 Å². The summed E-state index contributed by atoms with van der Waals surface area (Å²) in [6.45, 7) is 1.20. The molecule has 1 aromatic rings. The van der Waals surface area contributed by atoms with Crippen molar-refractivity contribution < 1.29 is 14.3 Å². The molecule has 3 nitrogen and oxygen atoms in total. The molecular weight excluding hydrogens is 204 g/mol. The largest absolute Gasteiger partial charge is 0.455 e. The Morgan fingerprint density at radius 1 is 1.25 bits per heavy atom. The minimum atomic E-state index is -0.256. The lowest BCUT2D eigenvalue weighted by Gasteiger charge is -2.08. The average Bonchev–Trinajstić information content (AvgIpc) is 2.72. The van der Waals surface area contributed by atoms with E-state index in [2.05, 4.69) is 0 Å². The lowest BCUT2D eigenvalue weighted by molar-refractivity contribution is -0.139. The number of rotatable bonds is 5. The standard InChI is InChI=1S/C13H14O3/c14-13-7-6-12(16-13)8-9-15-10-11-4-2-1-3-5-11/h1-7,12H,8-10H2/t12-/m1/s1. The van der Waals surface area contributed by atoms with Gasteiger partial charge < -0.3 is 9.47 Å². The molecular formula is C13H14O3. The van der Waals surface area contributed by atoms with Crippen LogP contribution in [-0.2, 0) is 20.9 Å². The highest BCUT2D eigenvalue weighted by Gasteiger charge is 2.15. The van der Waals surface area contributed by atoms with Gasteiger partial charge in [-0.15, -0.1) is 0 Å². The average molecular weight is 218 g/mol. The van der Waals surface area contributed by atoms with Crippen molar-refractivity contribution in [3.05, 3.63) is 48.0 Å². The van der Waals surface area contributed by atoms with Gasteiger partial charge in [0.2, 0.25) is 0 Å². The highest BCUT2D eigenvalue weighted by molar-refractivity contribution is 5.84. The van der Waals surface area contributed by atoms with Gasteiger partial charge in [0.25, 0.3) is 0 Å². The summed E-state index contributed by atoms with van der Waals surface area (Å²) in [6, 6.07) is 10.00. The SMILES string of the molecule is O=C1C=C[C@H](CCOCc2ccccc2)O1. The molecule has 84 valence electrons. The van der Waals surface area contributed by atoms with Gasteiger partial charge in [-0.1, -0.05) is 30.3 Å². The molecule has 0 spiro atoms. The molecule has 0 unspecified atom stereocenters. The van der Waals surface area contributed by atoms with Crippen molar-refractivity contribution in [3.8, 4) is 0 Å². The Balaban J connectivity index is 1.62. The van der Waals surface area contributed by atoms with Crippen LogP contribution in [0.3, 0.4) is 0 Å². The molecule has 0 fully saturated rings. The first-order valence-corrected chi connectivity index (χ1v) is 5.35. The maximum Gasteiger partial charge on any atom is 0.331 e. The summed E-state index contributed by atoms with van der Waals surface area (Å²) in [5.41, 5.74) is 1.15. The van der Waals surface area contributed by atoms with Crippen molar-refractivity contribution in [2.45, 2.75) is 19.1 Å². The molecule has 0 aromatic heterocycles. The van der Waals surface area contributed by atoms with Crippen LogP contribution in [0, 0.1) is 0 Å². The van der Waals surface area contributed by atoms with E-state index >= 15 is 0 Å². The second-order valence-corrected chi connectivity index (χ2v) is 3.66. The molecule has 0 saturated heterocycles. The number of hydrogen-bond acceptors (Lipinski definition) is 3. The predicted octanol–water partition coefficient (Wildman–Crippen LogP) is 2.07. The van der Waals surface area contributed by atoms with Crippen molar-refractivity contribution in [3.63, 3.8) is 0 Å². The maximum absolute atomic E-state index is 10.8. The second-order valence-electron chi connectivity index (χ2n) is 3.66. The second kappa shape index (κ2) is 5.47. The van der Waals surface area contributed by atoms with Gasteiger partial charge >= 0.3 is 5.97 Å². The Bertz CT molecular complexity index is 370. The Hall–Kier alpha value is -1.61. The van der Waals surface area contributed by atoms with Crippen LogP contribution in [-0.4, -0.2) is 18.7 Å². The molecule has 0 aliphatic carbocycles. The Labute approximate surface area is 94.7 Å². The summed E-state index contributed by atoms with van der Waals surface area (Å²) in [7, 11) is 0. The molecule has 0 bridgehead atoms. The Kier molecular flexibility index (Phi) is 3.72. The number of benzene rings is 1. The molecule has 0 amide bonds. The van der Waals surface area contributed by atoms with E-state index < -0.39 is 0 Å². The summed E-state index contributed by atoms with van der Waals surface area (Å²) < 4.78 is 10.5. The molecule has 1 aliphatic rings. The molecule has 1 aromatic carbocycles. The van der Waals surface area contributed by atoms with E-state index in [1.807, 2.05) is 30.3 Å². The van der Waals surface area contributed by atoms with Crippen LogP contribution in [0.25, 0.3) is 0 Å². The number of cyclic esters (lactones) is 1. The van der Waals surface area contributed by atoms with Gasteiger partial charge in [-0.2, -0.15) is 0 Å². The van der Waals surface area contributed by atoms with Crippen molar-refractivity contribution >= 4 is 5.97 Å². The predicted molar refractivity (Wildman–Crippen MR) is 59.7 cm³/mol. The summed E-state index contributed by atoms with van der Waals surface area (Å²) in [5.74, 6) is -0.256. The summed E-state index contributed by atoms with van der Waals surface area (Å²) in [5, 5.41) is 0. The number of carbonyl (C=O) groups excluding carboxylic acids is 1. The number of carbonyl (C=O) groups is 1. The van der Waals surface area contributed by atoms with Gasteiger partial charge in [0, 0.05) is 12.5 Å². The highest BCUT2D eigenvalue weighted by Crippen LogP contribution is 2.09. The van der Waals surface area contributed by atoms with E-state index in [9.17, 15) is 4.79 Å². The summed E-state index contributed by atoms with van der Waals surface area (Å²) in [6.07, 6.45) is 3.84. The minimum Gasteiger partial charge on any atom is -0.455 e. The van der Waals surface area contributed by atoms with Gasteiger partial charge in [-0.25, -0.2) is 4.79 Å². The van der Waals surface area contributed by atoms with Gasteiger partial charge in [-0.3, -0.25) is 0 Å². The highest BCUT2D eigenvalue weighted by atomic mass is 16.5. The third kappa shape index (κ3) is 3.21. The summed E-state index contributed by atoms with van der Waals surface area (Å²) >= 11 is 0. The molecule has 0 radical (unpaired) electrons. The van der Waals surface area contributed by atoms with E-state index in [0.717, 1.165) is 12.0 Å². The van der Waals surface area contributed by atoms with Gasteiger partial charge in [0.15, 0.2) is 0 Å². The lowest BCUT2D eigenvalue weighted by atomic mass is 10.2. The lowest BCUT2D eigenvalue weighted by Crippen LogP contribution is -2.10. The van der Waals surface area contributed by atoms with E-state index in [1.54, 1.807) is 6.08 Å². The first-order chi connectivity index (χ1) is 7.84. The fourth-order valence-corrected chi connectivity index (χ4v) is 1.53. The van der Waals surface area contributed by atoms with E-state index in [1.165, 1.54) is 6.08 Å². The van der Waals surface area contributed by atoms with Crippen LogP contribution in [0.1, 0.15) is 12.0 Å². The first-order valence-electron chi connectivity index (χ1n) is 5.35. The molecule has 1 atom stereocenters. The quantitative estimate of drug-likeness (QED) is 0.560. The van der Waals surface area contributed by atoms with Crippen LogP contribution in [0.4, 0.5) is 0 Å². The van der Waals surface area contributed by atoms with Crippen LogP contribution >= 0.6 is 0 Å². The normalized spacial score (nSPS) is 18.8. The third-order valence-electron chi connectivity index (χ3n) is 2.37. The van der Waals surface area contributed by atoms with Crippen molar-refractivity contribution in [1.82, 2.24) is 0 Å².